The smallest absolute Gasteiger partial charge is 0.337 e. The summed E-state index contributed by atoms with van der Waals surface area (Å²) in [5, 5.41) is -0.209. The van der Waals surface area contributed by atoms with Gasteiger partial charge in [-0.05, 0) is 31.5 Å². The predicted molar refractivity (Wildman–Crippen MR) is 79.7 cm³/mol. The van der Waals surface area contributed by atoms with Crippen molar-refractivity contribution in [1.29, 1.82) is 0 Å². The van der Waals surface area contributed by atoms with Crippen LogP contribution in [0.15, 0.2) is 18.2 Å². The molecule has 112 valence electrons. The third-order valence-electron chi connectivity index (χ3n) is 3.73. The molecule has 0 unspecified atom stereocenters. The number of benzene rings is 1. The van der Waals surface area contributed by atoms with Gasteiger partial charge in [0, 0.05) is 6.61 Å². The molecule has 0 aliphatic carbocycles. The number of esters is 1. The summed E-state index contributed by atoms with van der Waals surface area (Å²) in [6, 6.07) is 5.34. The van der Waals surface area contributed by atoms with Gasteiger partial charge in [-0.2, -0.15) is 0 Å². The zero-order valence-electron chi connectivity index (χ0n) is 12.0. The molecule has 1 fully saturated rings. The number of methoxy groups -OCH3 is 1. The monoisotopic (exact) mass is 308 g/mol. The third-order valence-corrected chi connectivity index (χ3v) is 3.93. The Balaban J connectivity index is 2.08. The normalized spacial score (nSPS) is 19.3. The Bertz CT molecular complexity index is 677. The van der Waals surface area contributed by atoms with Gasteiger partial charge < -0.3 is 14.0 Å². The molecule has 21 heavy (non-hydrogen) atoms. The number of imidazole rings is 1. The van der Waals surface area contributed by atoms with Gasteiger partial charge in [-0.3, -0.25) is 0 Å². The minimum Gasteiger partial charge on any atom is -0.465 e. The molecule has 0 radical (unpaired) electrons. The quantitative estimate of drug-likeness (QED) is 0.644. The Kier molecular flexibility index (Phi) is 3.87. The molecule has 1 aromatic carbocycles. The van der Waals surface area contributed by atoms with Crippen LogP contribution in [0.25, 0.3) is 11.0 Å². The van der Waals surface area contributed by atoms with E-state index in [1.54, 1.807) is 12.1 Å². The number of ether oxygens (including phenoxy) is 2. The van der Waals surface area contributed by atoms with Crippen molar-refractivity contribution >= 4 is 28.6 Å². The van der Waals surface area contributed by atoms with Gasteiger partial charge in [-0.1, -0.05) is 0 Å². The van der Waals surface area contributed by atoms with Crippen LogP contribution in [-0.4, -0.2) is 35.3 Å². The molecule has 1 saturated heterocycles. The summed E-state index contributed by atoms with van der Waals surface area (Å²) in [7, 11) is 1.37. The molecule has 1 aliphatic heterocycles. The van der Waals surface area contributed by atoms with Gasteiger partial charge >= 0.3 is 5.97 Å². The third kappa shape index (κ3) is 2.63. The molecule has 5 nitrogen and oxygen atoms in total. The van der Waals surface area contributed by atoms with Gasteiger partial charge in [0.05, 0.1) is 41.7 Å². The maximum atomic E-state index is 11.7. The van der Waals surface area contributed by atoms with E-state index in [0.29, 0.717) is 12.1 Å². The molecule has 0 amide bonds. The van der Waals surface area contributed by atoms with Crippen molar-refractivity contribution in [2.75, 3.05) is 13.7 Å². The van der Waals surface area contributed by atoms with E-state index in [1.807, 2.05) is 17.6 Å². The van der Waals surface area contributed by atoms with Crippen molar-refractivity contribution in [3.05, 3.63) is 29.6 Å². The summed E-state index contributed by atoms with van der Waals surface area (Å²) in [6.07, 6.45) is 1.23. The summed E-state index contributed by atoms with van der Waals surface area (Å²) in [6.45, 7) is 3.39. The molecule has 0 bridgehead atoms. The number of halogens is 1. The van der Waals surface area contributed by atoms with Gasteiger partial charge in [-0.15, -0.1) is 11.6 Å². The molecule has 3 rings (SSSR count). The van der Waals surface area contributed by atoms with Crippen molar-refractivity contribution in [2.45, 2.75) is 31.4 Å². The van der Waals surface area contributed by atoms with E-state index >= 15 is 0 Å². The molecular weight excluding hydrogens is 292 g/mol. The Morgan fingerprint density at radius 3 is 2.95 bits per heavy atom. The fraction of sp³-hybridized carbons (Fsp3) is 0.467. The second-order valence-corrected chi connectivity index (χ2v) is 5.83. The maximum Gasteiger partial charge on any atom is 0.337 e. The largest absolute Gasteiger partial charge is 0.465 e. The Labute approximate surface area is 127 Å². The lowest BCUT2D eigenvalue weighted by Gasteiger charge is -2.27. The van der Waals surface area contributed by atoms with Crippen LogP contribution < -0.4 is 0 Å². The molecule has 6 heteroatoms. The summed E-state index contributed by atoms with van der Waals surface area (Å²) in [5.74, 6) is 0.439. The van der Waals surface area contributed by atoms with Crippen LogP contribution in [0.1, 0.15) is 34.9 Å². The minimum absolute atomic E-state index is 0.193. The lowest BCUT2D eigenvalue weighted by Crippen LogP contribution is -2.31. The van der Waals surface area contributed by atoms with E-state index in [4.69, 9.17) is 21.1 Å². The van der Waals surface area contributed by atoms with Gasteiger partial charge in [0.15, 0.2) is 0 Å². The van der Waals surface area contributed by atoms with Crippen LogP contribution in [0.2, 0.25) is 0 Å². The first-order valence-corrected chi connectivity index (χ1v) is 7.38. The van der Waals surface area contributed by atoms with Crippen molar-refractivity contribution in [3.63, 3.8) is 0 Å². The van der Waals surface area contributed by atoms with Crippen LogP contribution >= 0.6 is 11.6 Å². The number of alkyl halides is 1. The Morgan fingerprint density at radius 2 is 2.38 bits per heavy atom. The van der Waals surface area contributed by atoms with Gasteiger partial charge in [0.1, 0.15) is 5.82 Å². The molecule has 0 spiro atoms. The molecule has 0 N–H and O–H groups in total. The highest BCUT2D eigenvalue weighted by molar-refractivity contribution is 6.20. The van der Waals surface area contributed by atoms with E-state index in [1.165, 1.54) is 7.11 Å². The van der Waals surface area contributed by atoms with E-state index in [0.717, 1.165) is 29.9 Å². The molecule has 2 heterocycles. The van der Waals surface area contributed by atoms with E-state index < -0.39 is 0 Å². The highest BCUT2D eigenvalue weighted by Crippen LogP contribution is 2.27. The predicted octanol–water partition coefficient (Wildman–Crippen LogP) is 2.91. The summed E-state index contributed by atoms with van der Waals surface area (Å²) < 4.78 is 12.3. The van der Waals surface area contributed by atoms with Crippen molar-refractivity contribution in [2.24, 2.45) is 0 Å². The number of hydrogen-bond acceptors (Lipinski definition) is 4. The number of aromatic nitrogens is 2. The second kappa shape index (κ2) is 5.66. The van der Waals surface area contributed by atoms with Crippen LogP contribution in [0, 0.1) is 0 Å². The first-order valence-electron chi connectivity index (χ1n) is 6.94. The topological polar surface area (TPSA) is 53.3 Å². The highest BCUT2D eigenvalue weighted by atomic mass is 35.5. The molecule has 2 aromatic rings. The lowest BCUT2D eigenvalue weighted by molar-refractivity contribution is -0.0590. The minimum atomic E-state index is -0.356. The Morgan fingerprint density at radius 1 is 1.62 bits per heavy atom. The zero-order chi connectivity index (χ0) is 15.0. The first kappa shape index (κ1) is 14.4. The summed E-state index contributed by atoms with van der Waals surface area (Å²) in [5.41, 5.74) is 2.22. The van der Waals surface area contributed by atoms with E-state index in [2.05, 4.69) is 4.98 Å². The average molecular weight is 309 g/mol. The number of carbonyl (C=O) groups is 1. The van der Waals surface area contributed by atoms with Crippen LogP contribution in [0.4, 0.5) is 0 Å². The first-order chi connectivity index (χ1) is 10.1. The van der Waals surface area contributed by atoms with Crippen LogP contribution in [0.3, 0.4) is 0 Å². The number of nitrogens with zero attached hydrogens (tertiary/aromatic N) is 2. The number of rotatable bonds is 4. The second-order valence-electron chi connectivity index (χ2n) is 5.17. The number of hydrogen-bond donors (Lipinski definition) is 0. The molecule has 1 aromatic heterocycles. The van der Waals surface area contributed by atoms with Crippen LogP contribution in [-0.2, 0) is 16.0 Å². The van der Waals surface area contributed by atoms with E-state index in [-0.39, 0.29) is 17.5 Å². The fourth-order valence-corrected chi connectivity index (χ4v) is 2.68. The van der Waals surface area contributed by atoms with E-state index in [9.17, 15) is 4.79 Å². The van der Waals surface area contributed by atoms with Gasteiger partial charge in [-0.25, -0.2) is 9.78 Å². The average Bonchev–Trinajstić information content (AvgIpc) is 2.80. The lowest BCUT2D eigenvalue weighted by atomic mass is 10.1. The summed E-state index contributed by atoms with van der Waals surface area (Å²) in [4.78, 5) is 16.3. The molecule has 2 atom stereocenters. The van der Waals surface area contributed by atoms with Crippen molar-refractivity contribution < 1.29 is 14.3 Å². The van der Waals surface area contributed by atoms with Crippen LogP contribution in [0.5, 0.6) is 0 Å². The van der Waals surface area contributed by atoms with Gasteiger partial charge in [0.2, 0.25) is 0 Å². The van der Waals surface area contributed by atoms with Crippen molar-refractivity contribution in [1.82, 2.24) is 9.55 Å². The fourth-order valence-electron chi connectivity index (χ4n) is 2.51. The zero-order valence-corrected chi connectivity index (χ0v) is 12.8. The standard InChI is InChI=1S/C15H17ClN2O3/c1-9(16)14-17-12-4-3-10(15(19)20-2)7-13(12)18(14)8-11-5-6-21-11/h3-4,7,9,11H,5-6,8H2,1-2H3/t9-,11+/m1/s1. The van der Waals surface area contributed by atoms with Gasteiger partial charge in [0.25, 0.3) is 0 Å². The SMILES string of the molecule is COC(=O)c1ccc2nc([C@@H](C)Cl)n(C[C@@H]3CCO3)c2c1. The highest BCUT2D eigenvalue weighted by Gasteiger charge is 2.23. The maximum absolute atomic E-state index is 11.7. The molecular formula is C15H17ClN2O3. The number of fused-ring (bicyclic) bond motifs is 1. The number of carbonyl (C=O) groups excluding carboxylic acids is 1. The molecule has 0 saturated carbocycles. The Hall–Kier alpha value is -1.59. The molecule has 1 aliphatic rings. The van der Waals surface area contributed by atoms with Crippen molar-refractivity contribution in [3.8, 4) is 0 Å². The summed E-state index contributed by atoms with van der Waals surface area (Å²) >= 11 is 6.24.